The minimum atomic E-state index is -0.171. The Balaban J connectivity index is 2.51. The van der Waals surface area contributed by atoms with Crippen molar-refractivity contribution in [1.82, 2.24) is 0 Å². The number of amides is 1. The standard InChI is InChI=1S/C8H14ClNO/c9-5-6-3-1-2-4-7(6)8(10)11/h6-7H,1-5H2,(H2,10,11). The van der Waals surface area contributed by atoms with E-state index in [1.807, 2.05) is 0 Å². The number of carbonyl (C=O) groups is 1. The van der Waals surface area contributed by atoms with Gasteiger partial charge in [0, 0.05) is 11.8 Å². The zero-order chi connectivity index (χ0) is 8.27. The largest absolute Gasteiger partial charge is 0.369 e. The van der Waals surface area contributed by atoms with Crippen molar-refractivity contribution >= 4 is 17.5 Å². The molecule has 0 bridgehead atoms. The van der Waals surface area contributed by atoms with Crippen LogP contribution in [0.2, 0.25) is 0 Å². The van der Waals surface area contributed by atoms with Crippen molar-refractivity contribution in [3.05, 3.63) is 0 Å². The quantitative estimate of drug-likeness (QED) is 0.636. The Hall–Kier alpha value is -0.240. The van der Waals surface area contributed by atoms with Gasteiger partial charge < -0.3 is 5.73 Å². The maximum atomic E-state index is 10.9. The molecule has 0 spiro atoms. The Kier molecular flexibility index (Phi) is 3.18. The highest BCUT2D eigenvalue weighted by atomic mass is 35.5. The number of nitrogens with two attached hydrogens (primary N) is 1. The molecule has 2 unspecified atom stereocenters. The Bertz CT molecular complexity index is 149. The van der Waals surface area contributed by atoms with E-state index in [9.17, 15) is 4.79 Å². The van der Waals surface area contributed by atoms with Crippen LogP contribution in [0.15, 0.2) is 0 Å². The Morgan fingerprint density at radius 1 is 1.45 bits per heavy atom. The molecular weight excluding hydrogens is 162 g/mol. The van der Waals surface area contributed by atoms with Gasteiger partial charge in [-0.25, -0.2) is 0 Å². The molecule has 64 valence electrons. The summed E-state index contributed by atoms with van der Waals surface area (Å²) in [4.78, 5) is 10.9. The van der Waals surface area contributed by atoms with Gasteiger partial charge >= 0.3 is 0 Å². The van der Waals surface area contributed by atoms with Crippen LogP contribution in [-0.4, -0.2) is 11.8 Å². The summed E-state index contributed by atoms with van der Waals surface area (Å²) in [6.07, 6.45) is 4.33. The van der Waals surface area contributed by atoms with E-state index in [0.717, 1.165) is 19.3 Å². The van der Waals surface area contributed by atoms with E-state index in [-0.39, 0.29) is 11.8 Å². The molecule has 2 N–H and O–H groups in total. The lowest BCUT2D eigenvalue weighted by atomic mass is 9.80. The second-order valence-corrected chi connectivity index (χ2v) is 3.52. The first-order valence-electron chi connectivity index (χ1n) is 4.11. The van der Waals surface area contributed by atoms with Crippen LogP contribution in [0.1, 0.15) is 25.7 Å². The summed E-state index contributed by atoms with van der Waals surface area (Å²) in [6, 6.07) is 0. The van der Waals surface area contributed by atoms with Gasteiger partial charge in [0.25, 0.3) is 0 Å². The van der Waals surface area contributed by atoms with Gasteiger partial charge in [-0.05, 0) is 18.8 Å². The van der Waals surface area contributed by atoms with E-state index < -0.39 is 0 Å². The predicted octanol–water partition coefficient (Wildman–Crippen LogP) is 1.52. The molecule has 1 rings (SSSR count). The molecular formula is C8H14ClNO. The molecule has 1 amide bonds. The third-order valence-electron chi connectivity index (χ3n) is 2.47. The number of hydrogen-bond donors (Lipinski definition) is 1. The molecule has 1 saturated carbocycles. The van der Waals surface area contributed by atoms with Crippen molar-refractivity contribution in [1.29, 1.82) is 0 Å². The maximum Gasteiger partial charge on any atom is 0.220 e. The van der Waals surface area contributed by atoms with Gasteiger partial charge in [-0.15, -0.1) is 11.6 Å². The van der Waals surface area contributed by atoms with Crippen molar-refractivity contribution in [2.75, 3.05) is 5.88 Å². The zero-order valence-corrected chi connectivity index (χ0v) is 7.31. The highest BCUT2D eigenvalue weighted by Crippen LogP contribution is 2.30. The number of primary amides is 1. The third-order valence-corrected chi connectivity index (χ3v) is 2.87. The van der Waals surface area contributed by atoms with Crippen LogP contribution in [0.4, 0.5) is 0 Å². The van der Waals surface area contributed by atoms with E-state index in [0.29, 0.717) is 11.8 Å². The van der Waals surface area contributed by atoms with Crippen molar-refractivity contribution in [2.24, 2.45) is 17.6 Å². The summed E-state index contributed by atoms with van der Waals surface area (Å²) in [7, 11) is 0. The molecule has 1 aliphatic carbocycles. The number of alkyl halides is 1. The van der Waals surface area contributed by atoms with Crippen LogP contribution in [0, 0.1) is 11.8 Å². The van der Waals surface area contributed by atoms with E-state index in [1.165, 1.54) is 6.42 Å². The molecule has 1 fully saturated rings. The van der Waals surface area contributed by atoms with Crippen LogP contribution in [-0.2, 0) is 4.79 Å². The van der Waals surface area contributed by atoms with E-state index in [2.05, 4.69) is 0 Å². The first-order chi connectivity index (χ1) is 5.25. The van der Waals surface area contributed by atoms with Gasteiger partial charge in [0.2, 0.25) is 5.91 Å². The maximum absolute atomic E-state index is 10.9. The lowest BCUT2D eigenvalue weighted by Crippen LogP contribution is -2.33. The summed E-state index contributed by atoms with van der Waals surface area (Å²) in [6.45, 7) is 0. The summed E-state index contributed by atoms with van der Waals surface area (Å²) in [5.41, 5.74) is 5.24. The van der Waals surface area contributed by atoms with Gasteiger partial charge in [0.05, 0.1) is 0 Å². The van der Waals surface area contributed by atoms with Crippen LogP contribution in [0.3, 0.4) is 0 Å². The van der Waals surface area contributed by atoms with Crippen LogP contribution >= 0.6 is 11.6 Å². The second-order valence-electron chi connectivity index (χ2n) is 3.21. The summed E-state index contributed by atoms with van der Waals surface area (Å²) >= 11 is 5.71. The molecule has 0 aromatic carbocycles. The predicted molar refractivity (Wildman–Crippen MR) is 45.4 cm³/mol. The molecule has 11 heavy (non-hydrogen) atoms. The van der Waals surface area contributed by atoms with Crippen LogP contribution in [0.5, 0.6) is 0 Å². The normalized spacial score (nSPS) is 31.7. The van der Waals surface area contributed by atoms with Crippen LogP contribution < -0.4 is 5.73 Å². The zero-order valence-electron chi connectivity index (χ0n) is 6.55. The fourth-order valence-corrected chi connectivity index (χ4v) is 2.14. The molecule has 0 radical (unpaired) electrons. The van der Waals surface area contributed by atoms with Gasteiger partial charge in [-0.3, -0.25) is 4.79 Å². The van der Waals surface area contributed by atoms with E-state index >= 15 is 0 Å². The van der Waals surface area contributed by atoms with Crippen molar-refractivity contribution < 1.29 is 4.79 Å². The molecule has 0 saturated heterocycles. The van der Waals surface area contributed by atoms with Crippen molar-refractivity contribution in [3.8, 4) is 0 Å². The van der Waals surface area contributed by atoms with Gasteiger partial charge in [0.15, 0.2) is 0 Å². The number of halogens is 1. The van der Waals surface area contributed by atoms with Crippen molar-refractivity contribution in [3.63, 3.8) is 0 Å². The molecule has 3 heteroatoms. The fraction of sp³-hybridized carbons (Fsp3) is 0.875. The smallest absolute Gasteiger partial charge is 0.220 e. The topological polar surface area (TPSA) is 43.1 Å². The Labute approximate surface area is 72.1 Å². The Morgan fingerprint density at radius 2 is 2.09 bits per heavy atom. The van der Waals surface area contributed by atoms with Crippen molar-refractivity contribution in [2.45, 2.75) is 25.7 Å². The number of hydrogen-bond acceptors (Lipinski definition) is 1. The summed E-state index contributed by atoms with van der Waals surface area (Å²) in [5.74, 6) is 0.785. The molecule has 1 aliphatic rings. The summed E-state index contributed by atoms with van der Waals surface area (Å²) in [5, 5.41) is 0. The fourth-order valence-electron chi connectivity index (χ4n) is 1.77. The first kappa shape index (κ1) is 8.85. The molecule has 0 aromatic heterocycles. The lowest BCUT2D eigenvalue weighted by Gasteiger charge is -2.27. The van der Waals surface area contributed by atoms with Crippen LogP contribution in [0.25, 0.3) is 0 Å². The van der Waals surface area contributed by atoms with Gasteiger partial charge in [0.1, 0.15) is 0 Å². The second kappa shape index (κ2) is 3.96. The average Bonchev–Trinajstić information content (AvgIpc) is 2.04. The lowest BCUT2D eigenvalue weighted by molar-refractivity contribution is -0.124. The van der Waals surface area contributed by atoms with E-state index in [1.54, 1.807) is 0 Å². The monoisotopic (exact) mass is 175 g/mol. The Morgan fingerprint density at radius 3 is 2.55 bits per heavy atom. The van der Waals surface area contributed by atoms with Gasteiger partial charge in [-0.1, -0.05) is 12.8 Å². The molecule has 0 heterocycles. The highest BCUT2D eigenvalue weighted by Gasteiger charge is 2.28. The SMILES string of the molecule is NC(=O)C1CCCCC1CCl. The van der Waals surface area contributed by atoms with E-state index in [4.69, 9.17) is 17.3 Å². The molecule has 2 nitrogen and oxygen atoms in total. The average molecular weight is 176 g/mol. The summed E-state index contributed by atoms with van der Waals surface area (Å²) < 4.78 is 0. The minimum absolute atomic E-state index is 0.0428. The number of rotatable bonds is 2. The molecule has 2 atom stereocenters. The number of carbonyl (C=O) groups excluding carboxylic acids is 1. The third kappa shape index (κ3) is 2.09. The molecule has 0 aromatic rings. The highest BCUT2D eigenvalue weighted by molar-refractivity contribution is 6.18. The minimum Gasteiger partial charge on any atom is -0.369 e. The molecule has 0 aliphatic heterocycles. The first-order valence-corrected chi connectivity index (χ1v) is 4.64. The van der Waals surface area contributed by atoms with Gasteiger partial charge in [-0.2, -0.15) is 0 Å².